The van der Waals surface area contributed by atoms with Crippen LogP contribution in [0.2, 0.25) is 0 Å². The highest BCUT2D eigenvalue weighted by atomic mass is 15.1. The van der Waals surface area contributed by atoms with Crippen LogP contribution < -0.4 is 5.32 Å². The van der Waals surface area contributed by atoms with Crippen LogP contribution in [0.15, 0.2) is 24.3 Å². The maximum Gasteiger partial charge on any atom is 0.0449 e. The lowest BCUT2D eigenvalue weighted by Gasteiger charge is -2.29. The Kier molecular flexibility index (Phi) is 8.63. The average molecular weight is 290 g/mol. The second-order valence-electron chi connectivity index (χ2n) is 6.35. The van der Waals surface area contributed by atoms with Gasteiger partial charge in [-0.25, -0.2) is 0 Å². The van der Waals surface area contributed by atoms with E-state index in [2.05, 4.69) is 69.1 Å². The molecule has 2 nitrogen and oxygen atoms in total. The number of likely N-dealkylation sites (N-methyl/N-ethyl adjacent to an activating group) is 1. The van der Waals surface area contributed by atoms with Crippen LogP contribution >= 0.6 is 0 Å². The molecule has 0 spiro atoms. The monoisotopic (exact) mass is 290 g/mol. The quantitative estimate of drug-likeness (QED) is 0.692. The molecule has 1 unspecified atom stereocenters. The van der Waals surface area contributed by atoms with Crippen LogP contribution in [0.4, 0.5) is 0 Å². The summed E-state index contributed by atoms with van der Waals surface area (Å²) in [5, 5.41) is 3.72. The Labute approximate surface area is 131 Å². The molecule has 1 rings (SSSR count). The number of hydrogen-bond donors (Lipinski definition) is 1. The highest BCUT2D eigenvalue weighted by Gasteiger charge is 2.15. The number of rotatable bonds is 10. The van der Waals surface area contributed by atoms with Crippen molar-refractivity contribution in [3.63, 3.8) is 0 Å². The predicted molar refractivity (Wildman–Crippen MR) is 93.8 cm³/mol. The second-order valence-corrected chi connectivity index (χ2v) is 6.35. The number of aryl methyl sites for hydroxylation is 1. The third-order valence-electron chi connectivity index (χ3n) is 3.94. The van der Waals surface area contributed by atoms with Crippen LogP contribution in [0, 0.1) is 5.92 Å². The van der Waals surface area contributed by atoms with Gasteiger partial charge >= 0.3 is 0 Å². The van der Waals surface area contributed by atoms with Gasteiger partial charge in [0.25, 0.3) is 0 Å². The van der Waals surface area contributed by atoms with Crippen molar-refractivity contribution in [3.8, 4) is 0 Å². The summed E-state index contributed by atoms with van der Waals surface area (Å²) >= 11 is 0. The molecule has 21 heavy (non-hydrogen) atoms. The van der Waals surface area contributed by atoms with Gasteiger partial charge in [-0.15, -0.1) is 0 Å². The molecule has 0 aliphatic heterocycles. The van der Waals surface area contributed by atoms with Gasteiger partial charge in [0.1, 0.15) is 0 Å². The van der Waals surface area contributed by atoms with Crippen molar-refractivity contribution in [2.24, 2.45) is 5.92 Å². The first-order valence-electron chi connectivity index (χ1n) is 8.65. The van der Waals surface area contributed by atoms with E-state index in [1.807, 2.05) is 0 Å². The van der Waals surface area contributed by atoms with E-state index in [9.17, 15) is 0 Å². The van der Waals surface area contributed by atoms with Gasteiger partial charge in [-0.2, -0.15) is 0 Å². The minimum absolute atomic E-state index is 0.439. The van der Waals surface area contributed by atoms with Crippen LogP contribution in [0.3, 0.4) is 0 Å². The third-order valence-corrected chi connectivity index (χ3v) is 3.94. The molecule has 1 aromatic carbocycles. The molecule has 0 aliphatic rings. The molecule has 0 saturated heterocycles. The summed E-state index contributed by atoms with van der Waals surface area (Å²) in [6.45, 7) is 15.8. The lowest BCUT2D eigenvalue weighted by molar-refractivity contribution is 0.228. The third kappa shape index (κ3) is 6.62. The van der Waals surface area contributed by atoms with Gasteiger partial charge in [-0.05, 0) is 43.0 Å². The van der Waals surface area contributed by atoms with E-state index in [4.69, 9.17) is 0 Å². The Balaban J connectivity index is 2.77. The van der Waals surface area contributed by atoms with Gasteiger partial charge in [0, 0.05) is 19.1 Å². The van der Waals surface area contributed by atoms with Crippen LogP contribution in [0.1, 0.15) is 58.2 Å². The Bertz CT molecular complexity index is 370. The van der Waals surface area contributed by atoms with Crippen molar-refractivity contribution in [1.82, 2.24) is 10.2 Å². The summed E-state index contributed by atoms with van der Waals surface area (Å²) in [5.41, 5.74) is 2.84. The first-order chi connectivity index (χ1) is 10.1. The standard InChI is InChI=1S/C19H34N2/c1-6-13-20-19(15-21(8-3)14-16(4)5)18-11-9-17(7-2)10-12-18/h9-12,16,19-20H,6-8,13-15H2,1-5H3. The zero-order valence-corrected chi connectivity index (χ0v) is 14.7. The summed E-state index contributed by atoms with van der Waals surface area (Å²) in [5.74, 6) is 0.722. The van der Waals surface area contributed by atoms with E-state index in [1.54, 1.807) is 0 Å². The fourth-order valence-electron chi connectivity index (χ4n) is 2.70. The largest absolute Gasteiger partial charge is 0.309 e. The normalized spacial score (nSPS) is 13.1. The molecular formula is C19H34N2. The van der Waals surface area contributed by atoms with Crippen molar-refractivity contribution in [2.45, 2.75) is 53.5 Å². The van der Waals surface area contributed by atoms with Crippen LogP contribution in [-0.4, -0.2) is 31.1 Å². The van der Waals surface area contributed by atoms with E-state index < -0.39 is 0 Å². The topological polar surface area (TPSA) is 15.3 Å². The van der Waals surface area contributed by atoms with Gasteiger partial charge < -0.3 is 10.2 Å². The van der Waals surface area contributed by atoms with Crippen LogP contribution in [0.5, 0.6) is 0 Å². The molecule has 120 valence electrons. The molecule has 0 saturated carbocycles. The van der Waals surface area contributed by atoms with Gasteiger partial charge in [-0.1, -0.05) is 58.9 Å². The highest BCUT2D eigenvalue weighted by molar-refractivity contribution is 5.25. The van der Waals surface area contributed by atoms with Gasteiger partial charge in [-0.3, -0.25) is 0 Å². The van der Waals surface area contributed by atoms with E-state index in [0.29, 0.717) is 6.04 Å². The average Bonchev–Trinajstić information content (AvgIpc) is 2.50. The van der Waals surface area contributed by atoms with Crippen LogP contribution in [-0.2, 0) is 6.42 Å². The van der Waals surface area contributed by atoms with Crippen molar-refractivity contribution < 1.29 is 0 Å². The molecule has 1 atom stereocenters. The number of hydrogen-bond acceptors (Lipinski definition) is 2. The fraction of sp³-hybridized carbons (Fsp3) is 0.684. The van der Waals surface area contributed by atoms with Crippen LogP contribution in [0.25, 0.3) is 0 Å². The van der Waals surface area contributed by atoms with Gasteiger partial charge in [0.05, 0.1) is 0 Å². The molecule has 0 radical (unpaired) electrons. The van der Waals surface area contributed by atoms with Gasteiger partial charge in [0.2, 0.25) is 0 Å². The van der Waals surface area contributed by atoms with Crippen molar-refractivity contribution in [2.75, 3.05) is 26.2 Å². The lowest BCUT2D eigenvalue weighted by atomic mass is 10.0. The molecule has 0 fully saturated rings. The van der Waals surface area contributed by atoms with Gasteiger partial charge in [0.15, 0.2) is 0 Å². The van der Waals surface area contributed by atoms with Crippen molar-refractivity contribution in [1.29, 1.82) is 0 Å². The maximum atomic E-state index is 3.72. The number of nitrogens with one attached hydrogen (secondary N) is 1. The van der Waals surface area contributed by atoms with Crippen molar-refractivity contribution in [3.05, 3.63) is 35.4 Å². The SMILES string of the molecule is CCCNC(CN(CC)CC(C)C)c1ccc(CC)cc1. The Morgan fingerprint density at radius 2 is 1.67 bits per heavy atom. The first-order valence-corrected chi connectivity index (χ1v) is 8.65. The molecule has 2 heteroatoms. The van der Waals surface area contributed by atoms with E-state index in [1.165, 1.54) is 24.1 Å². The summed E-state index contributed by atoms with van der Waals surface area (Å²) in [6, 6.07) is 9.59. The Hall–Kier alpha value is -0.860. The fourth-order valence-corrected chi connectivity index (χ4v) is 2.70. The number of benzene rings is 1. The minimum Gasteiger partial charge on any atom is -0.309 e. The highest BCUT2D eigenvalue weighted by Crippen LogP contribution is 2.17. The maximum absolute atomic E-state index is 3.72. The molecule has 0 heterocycles. The molecule has 1 N–H and O–H groups in total. The summed E-state index contributed by atoms with van der Waals surface area (Å²) in [4.78, 5) is 2.56. The zero-order valence-electron chi connectivity index (χ0n) is 14.7. The Morgan fingerprint density at radius 1 is 1.00 bits per heavy atom. The molecule has 0 bridgehead atoms. The lowest BCUT2D eigenvalue weighted by Crippen LogP contribution is -2.37. The van der Waals surface area contributed by atoms with E-state index in [0.717, 1.165) is 32.0 Å². The minimum atomic E-state index is 0.439. The van der Waals surface area contributed by atoms with E-state index >= 15 is 0 Å². The summed E-state index contributed by atoms with van der Waals surface area (Å²) in [7, 11) is 0. The summed E-state index contributed by atoms with van der Waals surface area (Å²) < 4.78 is 0. The first kappa shape index (κ1) is 18.2. The molecule has 0 aromatic heterocycles. The second kappa shape index (κ2) is 9.97. The smallest absolute Gasteiger partial charge is 0.0449 e. The molecule has 0 aliphatic carbocycles. The molecule has 1 aromatic rings. The molecule has 0 amide bonds. The molecular weight excluding hydrogens is 256 g/mol. The number of nitrogens with zero attached hydrogens (tertiary/aromatic N) is 1. The Morgan fingerprint density at radius 3 is 2.14 bits per heavy atom. The zero-order chi connectivity index (χ0) is 15.7. The predicted octanol–water partition coefficient (Wildman–Crippen LogP) is 4.27. The van der Waals surface area contributed by atoms with E-state index in [-0.39, 0.29) is 0 Å². The summed E-state index contributed by atoms with van der Waals surface area (Å²) in [6.07, 6.45) is 2.29. The van der Waals surface area contributed by atoms with Crippen molar-refractivity contribution >= 4 is 0 Å².